The molecule has 1 amide bonds. The molecule has 0 saturated carbocycles. The molecule has 1 aliphatic heterocycles. The van der Waals surface area contributed by atoms with Gasteiger partial charge in [0.15, 0.2) is 0 Å². The van der Waals surface area contributed by atoms with Gasteiger partial charge >= 0.3 is 0 Å². The number of hydrogen-bond acceptors (Lipinski definition) is 8. The Morgan fingerprint density at radius 2 is 1.43 bits per heavy atom. The van der Waals surface area contributed by atoms with Crippen molar-refractivity contribution in [2.45, 2.75) is 57.3 Å². The summed E-state index contributed by atoms with van der Waals surface area (Å²) < 4.78 is 30.4. The zero-order chi connectivity index (χ0) is 30.8. The van der Waals surface area contributed by atoms with Crippen LogP contribution in [0.15, 0.2) is 103 Å². The minimum Gasteiger partial charge on any atom is -0.480 e. The molecule has 1 saturated heterocycles. The van der Waals surface area contributed by atoms with Crippen molar-refractivity contribution in [3.63, 3.8) is 0 Å². The standard InChI is InChI=1S/C35H38N2O7/c1-25-18-19-36-34(40-2)31(25)37-30(38)20-35(39)33(43-23-28-16-10-5-11-17-28)32(42-22-27-14-8-4-9-15-27)29(44-35)24-41-21-26-12-6-3-7-13-26/h3-19,29,32-33,39H,20-24H2,1-2H3,(H,37,38)/t29-,32-,33-,35-/m1/s1. The molecule has 0 spiro atoms. The molecule has 2 heterocycles. The van der Waals surface area contributed by atoms with Crippen LogP contribution in [0.5, 0.6) is 5.88 Å². The third kappa shape index (κ3) is 8.07. The second kappa shape index (κ2) is 15.1. The smallest absolute Gasteiger partial charge is 0.237 e. The van der Waals surface area contributed by atoms with Crippen LogP contribution in [-0.4, -0.2) is 53.8 Å². The van der Waals surface area contributed by atoms with Crippen LogP contribution in [0.4, 0.5) is 5.69 Å². The minimum absolute atomic E-state index is 0.110. The molecule has 3 aromatic carbocycles. The van der Waals surface area contributed by atoms with Crippen molar-refractivity contribution in [1.29, 1.82) is 0 Å². The molecule has 44 heavy (non-hydrogen) atoms. The first-order chi connectivity index (χ1) is 21.4. The second-order valence-corrected chi connectivity index (χ2v) is 10.7. The van der Waals surface area contributed by atoms with Crippen LogP contribution in [0.3, 0.4) is 0 Å². The van der Waals surface area contributed by atoms with E-state index in [0.717, 1.165) is 22.3 Å². The number of aryl methyl sites for hydroxylation is 1. The van der Waals surface area contributed by atoms with Crippen molar-refractivity contribution < 1.29 is 33.6 Å². The molecule has 4 aromatic rings. The van der Waals surface area contributed by atoms with E-state index in [4.69, 9.17) is 23.7 Å². The first kappa shape index (κ1) is 31.3. The highest BCUT2D eigenvalue weighted by Crippen LogP contribution is 2.38. The molecule has 9 nitrogen and oxygen atoms in total. The van der Waals surface area contributed by atoms with Crippen LogP contribution < -0.4 is 10.1 Å². The van der Waals surface area contributed by atoms with Gasteiger partial charge in [-0.05, 0) is 35.2 Å². The Kier molecular flexibility index (Phi) is 10.7. The maximum atomic E-state index is 13.4. The Labute approximate surface area is 257 Å². The first-order valence-corrected chi connectivity index (χ1v) is 14.6. The summed E-state index contributed by atoms with van der Waals surface area (Å²) in [5.74, 6) is -2.25. The fourth-order valence-corrected chi connectivity index (χ4v) is 5.19. The molecule has 230 valence electrons. The fraction of sp³-hybridized carbons (Fsp3) is 0.314. The number of ether oxygens (including phenoxy) is 5. The number of carbonyl (C=O) groups excluding carboxylic acids is 1. The van der Waals surface area contributed by atoms with E-state index < -0.39 is 36.4 Å². The Morgan fingerprint density at radius 3 is 2.02 bits per heavy atom. The number of amides is 1. The zero-order valence-corrected chi connectivity index (χ0v) is 24.9. The molecule has 0 unspecified atom stereocenters. The topological polar surface area (TPSA) is 108 Å². The summed E-state index contributed by atoms with van der Waals surface area (Å²) in [7, 11) is 1.48. The van der Waals surface area contributed by atoms with E-state index in [-0.39, 0.29) is 25.7 Å². The van der Waals surface area contributed by atoms with Gasteiger partial charge in [-0.3, -0.25) is 4.79 Å². The van der Waals surface area contributed by atoms with Gasteiger partial charge in [0.25, 0.3) is 0 Å². The Morgan fingerprint density at radius 1 is 0.864 bits per heavy atom. The van der Waals surface area contributed by atoms with Crippen molar-refractivity contribution in [2.24, 2.45) is 0 Å². The van der Waals surface area contributed by atoms with E-state index in [2.05, 4.69) is 10.3 Å². The number of hydrogen-bond donors (Lipinski definition) is 2. The van der Waals surface area contributed by atoms with Crippen molar-refractivity contribution in [3.8, 4) is 5.88 Å². The molecule has 1 aliphatic rings. The van der Waals surface area contributed by atoms with Crippen LogP contribution in [0.25, 0.3) is 0 Å². The molecular weight excluding hydrogens is 560 g/mol. The first-order valence-electron chi connectivity index (χ1n) is 14.6. The van der Waals surface area contributed by atoms with Crippen LogP contribution in [0.1, 0.15) is 28.7 Å². The van der Waals surface area contributed by atoms with Gasteiger partial charge in [0.1, 0.15) is 24.0 Å². The molecule has 1 fully saturated rings. The third-order valence-electron chi connectivity index (χ3n) is 7.41. The van der Waals surface area contributed by atoms with Gasteiger partial charge in [-0.1, -0.05) is 91.0 Å². The molecule has 2 N–H and O–H groups in total. The molecule has 5 rings (SSSR count). The lowest BCUT2D eigenvalue weighted by Gasteiger charge is -2.30. The highest BCUT2D eigenvalue weighted by Gasteiger charge is 2.57. The van der Waals surface area contributed by atoms with Gasteiger partial charge < -0.3 is 34.1 Å². The van der Waals surface area contributed by atoms with E-state index >= 15 is 0 Å². The largest absolute Gasteiger partial charge is 0.480 e. The number of pyridine rings is 1. The third-order valence-corrected chi connectivity index (χ3v) is 7.41. The highest BCUT2D eigenvalue weighted by atomic mass is 16.7. The van der Waals surface area contributed by atoms with Gasteiger partial charge in [-0.25, -0.2) is 4.98 Å². The zero-order valence-electron chi connectivity index (χ0n) is 24.9. The number of methoxy groups -OCH3 is 1. The predicted octanol–water partition coefficient (Wildman–Crippen LogP) is 5.20. The molecular formula is C35H38N2O7. The van der Waals surface area contributed by atoms with E-state index in [9.17, 15) is 9.90 Å². The Hall–Kier alpha value is -4.12. The highest BCUT2D eigenvalue weighted by molar-refractivity contribution is 5.93. The number of aliphatic hydroxyl groups is 1. The van der Waals surface area contributed by atoms with Gasteiger partial charge in [-0.15, -0.1) is 0 Å². The van der Waals surface area contributed by atoms with E-state index in [1.807, 2.05) is 97.9 Å². The van der Waals surface area contributed by atoms with Crippen molar-refractivity contribution in [1.82, 2.24) is 4.98 Å². The summed E-state index contributed by atoms with van der Waals surface area (Å²) in [4.78, 5) is 17.6. The summed E-state index contributed by atoms with van der Waals surface area (Å²) >= 11 is 0. The molecule has 1 aromatic heterocycles. The lowest BCUT2D eigenvalue weighted by atomic mass is 10.0. The maximum absolute atomic E-state index is 13.4. The molecule has 0 aliphatic carbocycles. The molecule has 4 atom stereocenters. The number of nitrogens with one attached hydrogen (secondary N) is 1. The van der Waals surface area contributed by atoms with E-state index in [1.54, 1.807) is 12.3 Å². The van der Waals surface area contributed by atoms with E-state index in [1.165, 1.54) is 7.11 Å². The lowest BCUT2D eigenvalue weighted by Crippen LogP contribution is -2.48. The van der Waals surface area contributed by atoms with Crippen LogP contribution in [0, 0.1) is 6.92 Å². The SMILES string of the molecule is COc1nccc(C)c1NC(=O)C[C@@]1(O)O[C@H](COCc2ccccc2)[C@@H](OCc2ccccc2)[C@H]1OCc1ccccc1. The van der Waals surface area contributed by atoms with Gasteiger partial charge in [0.05, 0.1) is 40.0 Å². The molecule has 9 heteroatoms. The average Bonchev–Trinajstić information content (AvgIpc) is 3.30. The molecule has 0 bridgehead atoms. The number of nitrogens with zero attached hydrogens (tertiary/aromatic N) is 1. The maximum Gasteiger partial charge on any atom is 0.237 e. The number of aromatic nitrogens is 1. The number of anilines is 1. The van der Waals surface area contributed by atoms with Gasteiger partial charge in [0.2, 0.25) is 17.6 Å². The Balaban J connectivity index is 1.39. The van der Waals surface area contributed by atoms with Crippen molar-refractivity contribution >= 4 is 11.6 Å². The normalized spacial score (nSPS) is 21.2. The number of rotatable bonds is 14. The van der Waals surface area contributed by atoms with Crippen LogP contribution in [0.2, 0.25) is 0 Å². The molecule has 0 radical (unpaired) electrons. The number of benzene rings is 3. The average molecular weight is 599 g/mol. The summed E-state index contributed by atoms with van der Waals surface area (Å²) in [5, 5.41) is 14.9. The van der Waals surface area contributed by atoms with Crippen LogP contribution >= 0.6 is 0 Å². The predicted molar refractivity (Wildman–Crippen MR) is 165 cm³/mol. The monoisotopic (exact) mass is 598 g/mol. The number of carbonyl (C=O) groups is 1. The quantitative estimate of drug-likeness (QED) is 0.204. The van der Waals surface area contributed by atoms with Crippen LogP contribution in [-0.2, 0) is 43.6 Å². The van der Waals surface area contributed by atoms with Gasteiger partial charge in [0, 0.05) is 6.20 Å². The van der Waals surface area contributed by atoms with Crippen molar-refractivity contribution in [3.05, 3.63) is 126 Å². The van der Waals surface area contributed by atoms with E-state index in [0.29, 0.717) is 12.3 Å². The Bertz CT molecular complexity index is 1470. The summed E-state index contributed by atoms with van der Waals surface area (Å²) in [6.07, 6.45) is -1.32. The summed E-state index contributed by atoms with van der Waals surface area (Å²) in [6, 6.07) is 30.9. The minimum atomic E-state index is -2.02. The van der Waals surface area contributed by atoms with Gasteiger partial charge in [-0.2, -0.15) is 0 Å². The fourth-order valence-electron chi connectivity index (χ4n) is 5.19. The van der Waals surface area contributed by atoms with Crippen molar-refractivity contribution in [2.75, 3.05) is 19.0 Å². The second-order valence-electron chi connectivity index (χ2n) is 10.7. The lowest BCUT2D eigenvalue weighted by molar-refractivity contribution is -0.244. The summed E-state index contributed by atoms with van der Waals surface area (Å²) in [5.41, 5.74) is 4.03. The summed E-state index contributed by atoms with van der Waals surface area (Å²) in [6.45, 7) is 2.72.